The smallest absolute Gasteiger partial charge is 0.210 e. The van der Waals surface area contributed by atoms with Gasteiger partial charge in [0.2, 0.25) is 9.84 Å². The molecule has 0 saturated heterocycles. The second-order valence-electron chi connectivity index (χ2n) is 6.11. The molecular weight excluding hydrogens is 382 g/mol. The van der Waals surface area contributed by atoms with Crippen LogP contribution in [0, 0.1) is 11.6 Å². The minimum atomic E-state index is -3.92. The lowest BCUT2D eigenvalue weighted by Crippen LogP contribution is -2.07. The lowest BCUT2D eigenvalue weighted by molar-refractivity contribution is 0.596. The number of hydrogen-bond donors (Lipinski definition) is 1. The Balaban J connectivity index is 1.97. The van der Waals surface area contributed by atoms with E-state index in [1.165, 1.54) is 60.8 Å². The van der Waals surface area contributed by atoms with Gasteiger partial charge in [-0.05, 0) is 54.6 Å². The molecule has 4 rings (SSSR count). The van der Waals surface area contributed by atoms with Crippen LogP contribution in [0.15, 0.2) is 88.8 Å². The van der Waals surface area contributed by atoms with E-state index in [9.17, 15) is 17.2 Å². The normalized spacial score (nSPS) is 11.5. The number of anilines is 2. The molecule has 1 heterocycles. The first-order valence-electron chi connectivity index (χ1n) is 8.36. The third kappa shape index (κ3) is 3.32. The van der Waals surface area contributed by atoms with Crippen LogP contribution in [0.1, 0.15) is 0 Å². The number of benzene rings is 3. The molecule has 0 fully saturated rings. The Kier molecular flexibility index (Phi) is 4.52. The highest BCUT2D eigenvalue weighted by atomic mass is 32.2. The van der Waals surface area contributed by atoms with Gasteiger partial charge >= 0.3 is 0 Å². The van der Waals surface area contributed by atoms with E-state index in [1.54, 1.807) is 18.2 Å². The number of nitrogens with one attached hydrogen (secondary N) is 1. The Labute approximate surface area is 160 Å². The van der Waals surface area contributed by atoms with E-state index in [1.807, 2.05) is 0 Å². The topological polar surface area (TPSA) is 59.1 Å². The first kappa shape index (κ1) is 18.1. The molecule has 1 aromatic heterocycles. The van der Waals surface area contributed by atoms with Gasteiger partial charge in [-0.1, -0.05) is 18.2 Å². The van der Waals surface area contributed by atoms with E-state index in [-0.39, 0.29) is 15.5 Å². The monoisotopic (exact) mass is 396 g/mol. The molecule has 0 aliphatic carbocycles. The van der Waals surface area contributed by atoms with Crippen molar-refractivity contribution < 1.29 is 17.2 Å². The average Bonchev–Trinajstić information content (AvgIpc) is 2.70. The van der Waals surface area contributed by atoms with Crippen molar-refractivity contribution in [1.29, 1.82) is 0 Å². The van der Waals surface area contributed by atoms with E-state index >= 15 is 0 Å². The van der Waals surface area contributed by atoms with E-state index in [0.717, 1.165) is 0 Å². The van der Waals surface area contributed by atoms with Crippen molar-refractivity contribution in [3.05, 3.63) is 90.6 Å². The Bertz CT molecular complexity index is 1260. The highest BCUT2D eigenvalue weighted by molar-refractivity contribution is 7.91. The van der Waals surface area contributed by atoms with Gasteiger partial charge in [-0.25, -0.2) is 17.2 Å². The van der Waals surface area contributed by atoms with Crippen LogP contribution in [0.3, 0.4) is 0 Å². The van der Waals surface area contributed by atoms with Gasteiger partial charge in [0.05, 0.1) is 16.1 Å². The molecule has 4 nitrogen and oxygen atoms in total. The molecule has 28 heavy (non-hydrogen) atoms. The summed E-state index contributed by atoms with van der Waals surface area (Å²) in [6.45, 7) is 0. The summed E-state index contributed by atoms with van der Waals surface area (Å²) in [5, 5.41) is 3.30. The summed E-state index contributed by atoms with van der Waals surface area (Å²) >= 11 is 0. The van der Waals surface area contributed by atoms with E-state index in [0.29, 0.717) is 16.6 Å². The third-order valence-corrected chi connectivity index (χ3v) is 6.03. The molecule has 0 unspecified atom stereocenters. The van der Waals surface area contributed by atoms with E-state index in [2.05, 4.69) is 10.3 Å². The quantitative estimate of drug-likeness (QED) is 0.522. The van der Waals surface area contributed by atoms with Gasteiger partial charge in [0.25, 0.3) is 0 Å². The van der Waals surface area contributed by atoms with Crippen LogP contribution in [0.4, 0.5) is 20.2 Å². The van der Waals surface area contributed by atoms with Crippen LogP contribution >= 0.6 is 0 Å². The number of sulfone groups is 1. The Morgan fingerprint density at radius 1 is 0.821 bits per heavy atom. The number of pyridine rings is 1. The molecule has 7 heteroatoms. The molecule has 0 aliphatic heterocycles. The molecule has 0 spiro atoms. The lowest BCUT2D eigenvalue weighted by atomic mass is 10.1. The number of nitrogens with zero attached hydrogens (tertiary/aromatic N) is 1. The van der Waals surface area contributed by atoms with Crippen molar-refractivity contribution in [3.63, 3.8) is 0 Å². The molecule has 140 valence electrons. The Hall–Kier alpha value is -3.32. The molecule has 0 aliphatic rings. The Morgan fingerprint density at radius 3 is 2.21 bits per heavy atom. The summed E-state index contributed by atoms with van der Waals surface area (Å²) < 4.78 is 53.5. The first-order valence-corrected chi connectivity index (χ1v) is 9.84. The highest BCUT2D eigenvalue weighted by Gasteiger charge is 2.24. The summed E-state index contributed by atoms with van der Waals surface area (Å²) in [6.07, 6.45) is 1.24. The molecule has 0 radical (unpaired) electrons. The molecule has 3 aromatic carbocycles. The van der Waals surface area contributed by atoms with E-state index in [4.69, 9.17) is 0 Å². The predicted molar refractivity (Wildman–Crippen MR) is 103 cm³/mol. The lowest BCUT2D eigenvalue weighted by Gasteiger charge is -2.15. The molecule has 1 N–H and O–H groups in total. The maximum Gasteiger partial charge on any atom is 0.210 e. The highest BCUT2D eigenvalue weighted by Crippen LogP contribution is 2.35. The van der Waals surface area contributed by atoms with Crippen LogP contribution < -0.4 is 5.32 Å². The number of rotatable bonds is 4. The second kappa shape index (κ2) is 7.01. The Morgan fingerprint density at radius 2 is 1.50 bits per heavy atom. The first-order chi connectivity index (χ1) is 13.4. The fourth-order valence-electron chi connectivity index (χ4n) is 2.88. The molecule has 4 aromatic rings. The fraction of sp³-hybridized carbons (Fsp3) is 0. The van der Waals surface area contributed by atoms with Crippen molar-refractivity contribution >= 4 is 32.1 Å². The molecule has 0 amide bonds. The summed E-state index contributed by atoms with van der Waals surface area (Å²) in [5.41, 5.74) is 1.07. The van der Waals surface area contributed by atoms with Gasteiger partial charge in [0.15, 0.2) is 0 Å². The van der Waals surface area contributed by atoms with Crippen LogP contribution in [-0.4, -0.2) is 13.4 Å². The maximum absolute atomic E-state index is 13.9. The third-order valence-electron chi connectivity index (χ3n) is 4.25. The SMILES string of the molecule is O=S(=O)(c1ccccc1)c1cnc2ccc(F)cc2c1Nc1ccc(F)cc1. The second-order valence-corrected chi connectivity index (χ2v) is 8.03. The van der Waals surface area contributed by atoms with Crippen molar-refractivity contribution in [3.8, 4) is 0 Å². The maximum atomic E-state index is 13.9. The summed E-state index contributed by atoms with van der Waals surface area (Å²) in [6, 6.07) is 17.3. The molecule has 0 saturated carbocycles. The fourth-order valence-corrected chi connectivity index (χ4v) is 4.27. The van der Waals surface area contributed by atoms with Gasteiger partial charge in [0.1, 0.15) is 16.5 Å². The largest absolute Gasteiger partial charge is 0.354 e. The standard InChI is InChI=1S/C21H14F2N2O2S/c22-14-6-9-16(10-7-14)25-21-18-12-15(23)8-11-19(18)24-13-20(21)28(26,27)17-4-2-1-3-5-17/h1-13H,(H,24,25). The van der Waals surface area contributed by atoms with Gasteiger partial charge in [-0.2, -0.15) is 0 Å². The number of halogens is 2. The zero-order chi connectivity index (χ0) is 19.7. The van der Waals surface area contributed by atoms with Crippen molar-refractivity contribution in [2.75, 3.05) is 5.32 Å². The molecule has 0 atom stereocenters. The summed E-state index contributed by atoms with van der Waals surface area (Å²) in [5.74, 6) is -0.945. The zero-order valence-electron chi connectivity index (χ0n) is 14.4. The van der Waals surface area contributed by atoms with Gasteiger partial charge in [0, 0.05) is 17.3 Å². The predicted octanol–water partition coefficient (Wildman–Crippen LogP) is 5.09. The van der Waals surface area contributed by atoms with Gasteiger partial charge in [-0.15, -0.1) is 0 Å². The van der Waals surface area contributed by atoms with Crippen LogP contribution in [-0.2, 0) is 9.84 Å². The zero-order valence-corrected chi connectivity index (χ0v) is 15.2. The molecular formula is C21H14F2N2O2S. The number of aromatic nitrogens is 1. The van der Waals surface area contributed by atoms with Crippen molar-refractivity contribution in [2.45, 2.75) is 9.79 Å². The van der Waals surface area contributed by atoms with Gasteiger partial charge < -0.3 is 5.32 Å². The van der Waals surface area contributed by atoms with Crippen molar-refractivity contribution in [2.24, 2.45) is 0 Å². The number of fused-ring (bicyclic) bond motifs is 1. The summed E-state index contributed by atoms with van der Waals surface area (Å²) in [7, 11) is -3.92. The van der Waals surface area contributed by atoms with Crippen LogP contribution in [0.2, 0.25) is 0 Å². The van der Waals surface area contributed by atoms with Crippen LogP contribution in [0.25, 0.3) is 10.9 Å². The minimum absolute atomic E-state index is 0.0923. The average molecular weight is 396 g/mol. The van der Waals surface area contributed by atoms with E-state index < -0.39 is 21.5 Å². The van der Waals surface area contributed by atoms with Crippen LogP contribution in [0.5, 0.6) is 0 Å². The van der Waals surface area contributed by atoms with Gasteiger partial charge in [-0.3, -0.25) is 4.98 Å². The number of hydrogen-bond acceptors (Lipinski definition) is 4. The van der Waals surface area contributed by atoms with Crippen molar-refractivity contribution in [1.82, 2.24) is 4.98 Å². The summed E-state index contributed by atoms with van der Waals surface area (Å²) in [4.78, 5) is 4.18. The minimum Gasteiger partial charge on any atom is -0.354 e. The molecule has 0 bridgehead atoms.